The number of amides is 2. The van der Waals surface area contributed by atoms with Crippen molar-refractivity contribution in [3.8, 4) is 0 Å². The normalized spacial score (nSPS) is 13.9. The van der Waals surface area contributed by atoms with Crippen molar-refractivity contribution in [2.75, 3.05) is 17.2 Å². The van der Waals surface area contributed by atoms with E-state index in [-0.39, 0.29) is 24.4 Å². The van der Waals surface area contributed by atoms with Crippen molar-refractivity contribution in [1.29, 1.82) is 0 Å². The van der Waals surface area contributed by atoms with Crippen molar-refractivity contribution in [2.45, 2.75) is 62.5 Å². The molecule has 3 aromatic rings. The third kappa shape index (κ3) is 6.32. The molecular formula is C25H28N4O4S3. The average Bonchev–Trinajstić information content (AvgIpc) is 3.35. The maximum Gasteiger partial charge on any atom is 0.341 e. The van der Waals surface area contributed by atoms with Gasteiger partial charge in [-0.2, -0.15) is 0 Å². The van der Waals surface area contributed by atoms with E-state index in [0.29, 0.717) is 25.6 Å². The minimum absolute atomic E-state index is 0.234. The summed E-state index contributed by atoms with van der Waals surface area (Å²) in [6.45, 7) is 5.79. The molecule has 0 saturated carbocycles. The summed E-state index contributed by atoms with van der Waals surface area (Å²) >= 11 is 3.93. The van der Waals surface area contributed by atoms with Crippen LogP contribution in [0.2, 0.25) is 0 Å². The van der Waals surface area contributed by atoms with Gasteiger partial charge in [0.1, 0.15) is 5.00 Å². The van der Waals surface area contributed by atoms with Gasteiger partial charge in [-0.15, -0.1) is 21.5 Å². The van der Waals surface area contributed by atoms with E-state index in [2.05, 4.69) is 20.8 Å². The van der Waals surface area contributed by atoms with Gasteiger partial charge in [-0.3, -0.25) is 14.9 Å². The second-order valence-corrected chi connectivity index (χ2v) is 12.1. The number of carbonyl (C=O) groups excluding carboxylic acids is 3. The summed E-state index contributed by atoms with van der Waals surface area (Å²) < 4.78 is 5.86. The number of rotatable bonds is 8. The number of aromatic nitrogens is 2. The molecule has 8 nitrogen and oxygen atoms in total. The topological polar surface area (TPSA) is 110 Å². The number of nitrogens with zero attached hydrogens (tertiary/aromatic N) is 2. The van der Waals surface area contributed by atoms with Gasteiger partial charge >= 0.3 is 5.97 Å². The Hall–Kier alpha value is -2.76. The first-order valence-corrected chi connectivity index (χ1v) is 14.4. The summed E-state index contributed by atoms with van der Waals surface area (Å²) in [5.41, 5.74) is 3.12. The molecule has 1 atom stereocenters. The lowest BCUT2D eigenvalue weighted by atomic mass is 10.1. The van der Waals surface area contributed by atoms with E-state index in [9.17, 15) is 14.4 Å². The van der Waals surface area contributed by atoms with Crippen LogP contribution in [0.25, 0.3) is 0 Å². The number of hydrogen-bond acceptors (Lipinski definition) is 9. The summed E-state index contributed by atoms with van der Waals surface area (Å²) in [5, 5.41) is 14.3. The van der Waals surface area contributed by atoms with Crippen molar-refractivity contribution in [3.63, 3.8) is 0 Å². The van der Waals surface area contributed by atoms with E-state index in [1.807, 2.05) is 19.1 Å². The second-order valence-electron chi connectivity index (χ2n) is 8.43. The summed E-state index contributed by atoms with van der Waals surface area (Å²) in [4.78, 5) is 39.4. The first kappa shape index (κ1) is 26.3. The Labute approximate surface area is 222 Å². The van der Waals surface area contributed by atoms with Gasteiger partial charge in [0, 0.05) is 10.4 Å². The molecule has 0 aliphatic heterocycles. The van der Waals surface area contributed by atoms with Crippen LogP contribution < -0.4 is 10.6 Å². The highest BCUT2D eigenvalue weighted by Gasteiger charge is 2.28. The first-order valence-electron chi connectivity index (χ1n) is 11.9. The molecule has 1 aromatic carbocycles. The Morgan fingerprint density at radius 1 is 1.06 bits per heavy atom. The Morgan fingerprint density at radius 2 is 1.81 bits per heavy atom. The predicted octanol–water partition coefficient (Wildman–Crippen LogP) is 5.73. The summed E-state index contributed by atoms with van der Waals surface area (Å²) in [5.74, 6) is -0.884. The Kier molecular flexibility index (Phi) is 8.76. The quantitative estimate of drug-likeness (QED) is 0.161. The number of benzene rings is 1. The van der Waals surface area contributed by atoms with Gasteiger partial charge in [-0.25, -0.2) is 4.79 Å². The van der Waals surface area contributed by atoms with Crippen molar-refractivity contribution in [3.05, 3.63) is 51.4 Å². The molecule has 0 bridgehead atoms. The van der Waals surface area contributed by atoms with Crippen molar-refractivity contribution < 1.29 is 19.1 Å². The second kappa shape index (κ2) is 12.0. The maximum atomic E-state index is 13.0. The highest BCUT2D eigenvalue weighted by molar-refractivity contribution is 8.02. The van der Waals surface area contributed by atoms with Crippen LogP contribution in [-0.2, 0) is 22.4 Å². The molecule has 2 heterocycles. The van der Waals surface area contributed by atoms with Crippen molar-refractivity contribution in [1.82, 2.24) is 10.2 Å². The number of nitrogens with one attached hydrogen (secondary N) is 2. The highest BCUT2D eigenvalue weighted by Crippen LogP contribution is 2.39. The van der Waals surface area contributed by atoms with Crippen LogP contribution >= 0.6 is 34.4 Å². The molecule has 0 fully saturated rings. The van der Waals surface area contributed by atoms with Gasteiger partial charge in [0.05, 0.1) is 17.4 Å². The molecule has 1 aliphatic carbocycles. The van der Waals surface area contributed by atoms with Crippen LogP contribution in [0, 0.1) is 6.92 Å². The van der Waals surface area contributed by atoms with Gasteiger partial charge in [-0.1, -0.05) is 47.2 Å². The predicted molar refractivity (Wildman–Crippen MR) is 145 cm³/mol. The number of anilines is 2. The monoisotopic (exact) mass is 544 g/mol. The zero-order valence-electron chi connectivity index (χ0n) is 20.4. The minimum atomic E-state index is -0.490. The largest absolute Gasteiger partial charge is 0.462 e. The molecule has 0 saturated heterocycles. The van der Waals surface area contributed by atoms with Gasteiger partial charge in [0.25, 0.3) is 5.91 Å². The summed E-state index contributed by atoms with van der Waals surface area (Å²) in [6, 6.07) is 7.25. The molecule has 4 rings (SSSR count). The zero-order valence-corrected chi connectivity index (χ0v) is 22.8. The first-order chi connectivity index (χ1) is 17.4. The molecule has 190 valence electrons. The van der Waals surface area contributed by atoms with E-state index in [0.717, 1.165) is 48.1 Å². The minimum Gasteiger partial charge on any atom is -0.462 e. The molecule has 1 aliphatic rings. The number of hydrogen-bond donors (Lipinski definition) is 2. The number of ether oxygens (including phenoxy) is 1. The fourth-order valence-corrected chi connectivity index (χ4v) is 7.02. The molecular weight excluding hydrogens is 517 g/mol. The van der Waals surface area contributed by atoms with Crippen LogP contribution in [0.15, 0.2) is 28.6 Å². The molecule has 0 radical (unpaired) electrons. The molecule has 36 heavy (non-hydrogen) atoms. The lowest BCUT2D eigenvalue weighted by molar-refractivity contribution is -0.115. The van der Waals surface area contributed by atoms with Gasteiger partial charge in [0.2, 0.25) is 11.0 Å². The Morgan fingerprint density at radius 3 is 2.56 bits per heavy atom. The molecule has 2 amide bonds. The van der Waals surface area contributed by atoms with Crippen molar-refractivity contribution in [2.24, 2.45) is 0 Å². The van der Waals surface area contributed by atoms with Crippen LogP contribution in [0.1, 0.15) is 69.8 Å². The lowest BCUT2D eigenvalue weighted by Gasteiger charge is -2.11. The third-order valence-corrected chi connectivity index (χ3v) is 8.96. The summed E-state index contributed by atoms with van der Waals surface area (Å²) in [6.07, 6.45) is 4.97. The molecule has 2 N–H and O–H groups in total. The van der Waals surface area contributed by atoms with Gasteiger partial charge < -0.3 is 10.1 Å². The van der Waals surface area contributed by atoms with Crippen LogP contribution in [-0.4, -0.2) is 39.8 Å². The summed E-state index contributed by atoms with van der Waals surface area (Å²) in [7, 11) is 0. The van der Waals surface area contributed by atoms with Crippen molar-refractivity contribution >= 4 is 62.4 Å². The number of aryl methyl sites for hydroxylation is 2. The molecule has 0 spiro atoms. The molecule has 1 unspecified atom stereocenters. The SMILES string of the molecule is CCOC(=O)c1c(NC(=O)C(C)Sc2nnc(NC(=O)c3ccc(C)cc3)s2)sc2c1CCCCC2. The average molecular weight is 545 g/mol. The van der Waals surface area contributed by atoms with Crippen LogP contribution in [0.5, 0.6) is 0 Å². The van der Waals surface area contributed by atoms with E-state index >= 15 is 0 Å². The standard InChI is InChI=1S/C25H28N4O4S3/c1-4-33-23(32)19-17-8-6-5-7-9-18(17)35-22(19)26-20(30)15(3)34-25-29-28-24(36-25)27-21(31)16-12-10-14(2)11-13-16/h10-13,15H,4-9H2,1-3H3,(H,26,30)(H,27,28,31). The number of thioether (sulfide) groups is 1. The smallest absolute Gasteiger partial charge is 0.341 e. The van der Waals surface area contributed by atoms with Crippen LogP contribution in [0.3, 0.4) is 0 Å². The number of esters is 1. The van der Waals surface area contributed by atoms with Gasteiger partial charge in [-0.05, 0) is 64.2 Å². The van der Waals surface area contributed by atoms with Crippen LogP contribution in [0.4, 0.5) is 10.1 Å². The fourth-order valence-electron chi connectivity index (χ4n) is 3.85. The van der Waals surface area contributed by atoms with Gasteiger partial charge in [0.15, 0.2) is 4.34 Å². The van der Waals surface area contributed by atoms with E-state index in [1.54, 1.807) is 26.0 Å². The Balaban J connectivity index is 1.41. The number of thiophene rings is 1. The zero-order chi connectivity index (χ0) is 25.7. The van der Waals surface area contributed by atoms with E-state index < -0.39 is 5.25 Å². The fraction of sp³-hybridized carbons (Fsp3) is 0.400. The van der Waals surface area contributed by atoms with E-state index in [4.69, 9.17) is 4.74 Å². The molecule has 11 heteroatoms. The highest BCUT2D eigenvalue weighted by atomic mass is 32.2. The lowest BCUT2D eigenvalue weighted by Crippen LogP contribution is -2.23. The molecule has 2 aromatic heterocycles. The third-order valence-electron chi connectivity index (χ3n) is 5.73. The number of carbonyl (C=O) groups is 3. The Bertz CT molecular complexity index is 1250. The maximum absolute atomic E-state index is 13.0. The number of fused-ring (bicyclic) bond motifs is 1. The van der Waals surface area contributed by atoms with E-state index in [1.165, 1.54) is 34.4 Å².